The van der Waals surface area contributed by atoms with Crippen molar-refractivity contribution in [1.29, 1.82) is 0 Å². The molecule has 164 valence electrons. The number of fused-ring (bicyclic) bond motifs is 1. The van der Waals surface area contributed by atoms with Crippen molar-refractivity contribution in [2.24, 2.45) is 0 Å². The highest BCUT2D eigenvalue weighted by molar-refractivity contribution is 5.95. The fraction of sp³-hybridized carbons (Fsp3) is 0.500. The summed E-state index contributed by atoms with van der Waals surface area (Å²) in [6.07, 6.45) is -0.183. The largest absolute Gasteiger partial charge is 0.467 e. The van der Waals surface area contributed by atoms with Gasteiger partial charge in [-0.1, -0.05) is 18.2 Å². The highest BCUT2D eigenvalue weighted by atomic mass is 16.6. The lowest BCUT2D eigenvalue weighted by Crippen LogP contribution is -2.53. The monoisotopic (exact) mass is 418 g/mol. The third-order valence-electron chi connectivity index (χ3n) is 4.05. The van der Waals surface area contributed by atoms with Crippen LogP contribution in [0.2, 0.25) is 0 Å². The molecule has 0 saturated carbocycles. The van der Waals surface area contributed by atoms with Crippen LogP contribution in [0.1, 0.15) is 47.1 Å². The van der Waals surface area contributed by atoms with Gasteiger partial charge < -0.3 is 19.2 Å². The number of para-hydroxylation sites is 1. The second-order valence-electron chi connectivity index (χ2n) is 8.93. The Bertz CT molecular complexity index is 892. The van der Waals surface area contributed by atoms with E-state index in [9.17, 15) is 14.4 Å². The van der Waals surface area contributed by atoms with Crippen molar-refractivity contribution in [3.05, 3.63) is 36.0 Å². The van der Waals surface area contributed by atoms with Gasteiger partial charge in [-0.3, -0.25) is 0 Å². The molecule has 0 saturated heterocycles. The molecule has 0 bridgehead atoms. The summed E-state index contributed by atoms with van der Waals surface area (Å²) >= 11 is 0. The van der Waals surface area contributed by atoms with Crippen molar-refractivity contribution in [2.45, 2.75) is 65.2 Å². The van der Waals surface area contributed by atoms with Gasteiger partial charge in [0, 0.05) is 23.5 Å². The van der Waals surface area contributed by atoms with Gasteiger partial charge in [-0.2, -0.15) is 4.90 Å². The predicted molar refractivity (Wildman–Crippen MR) is 112 cm³/mol. The van der Waals surface area contributed by atoms with Crippen LogP contribution in [0.25, 0.3) is 10.9 Å². The molecular formula is C22H30N2O6. The van der Waals surface area contributed by atoms with Crippen LogP contribution in [0.5, 0.6) is 0 Å². The van der Waals surface area contributed by atoms with Gasteiger partial charge in [-0.05, 0) is 53.2 Å². The summed E-state index contributed by atoms with van der Waals surface area (Å²) in [6, 6.07) is 6.27. The van der Waals surface area contributed by atoms with Crippen LogP contribution in [-0.2, 0) is 25.4 Å². The number of nitrogens with one attached hydrogen (secondary N) is 1. The molecule has 2 amide bonds. The van der Waals surface area contributed by atoms with Crippen LogP contribution in [-0.4, -0.2) is 52.4 Å². The molecule has 0 aliphatic carbocycles. The topological polar surface area (TPSA) is 97.9 Å². The second kappa shape index (κ2) is 8.77. The molecule has 0 aliphatic heterocycles. The molecule has 1 N–H and O–H groups in total. The van der Waals surface area contributed by atoms with E-state index in [0.29, 0.717) is 4.90 Å². The van der Waals surface area contributed by atoms with Gasteiger partial charge in [-0.15, -0.1) is 0 Å². The van der Waals surface area contributed by atoms with Gasteiger partial charge in [0.25, 0.3) is 0 Å². The number of aromatic amines is 1. The first kappa shape index (κ1) is 23.3. The molecule has 1 aromatic heterocycles. The molecule has 8 heteroatoms. The SMILES string of the molecule is COC(=O)[C@H](Cc1c[nH]c2ccccc12)N(C(=O)OC(C)(C)C)C(=O)OC(C)(C)C. The number of rotatable bonds is 4. The summed E-state index contributed by atoms with van der Waals surface area (Å²) in [4.78, 5) is 42.3. The van der Waals surface area contributed by atoms with Gasteiger partial charge in [0.2, 0.25) is 0 Å². The summed E-state index contributed by atoms with van der Waals surface area (Å²) in [6.45, 7) is 10.0. The second-order valence-corrected chi connectivity index (χ2v) is 8.93. The average molecular weight is 418 g/mol. The van der Waals surface area contributed by atoms with E-state index < -0.39 is 35.4 Å². The minimum Gasteiger partial charge on any atom is -0.467 e. The molecule has 30 heavy (non-hydrogen) atoms. The summed E-state index contributed by atoms with van der Waals surface area (Å²) in [7, 11) is 1.20. The normalized spacial score (nSPS) is 12.9. The molecule has 0 unspecified atom stereocenters. The van der Waals surface area contributed by atoms with Gasteiger partial charge in [0.05, 0.1) is 7.11 Å². The third kappa shape index (κ3) is 5.98. The minimum atomic E-state index is -1.26. The van der Waals surface area contributed by atoms with Crippen molar-refractivity contribution in [2.75, 3.05) is 7.11 Å². The molecular weight excluding hydrogens is 388 g/mol. The molecule has 0 radical (unpaired) electrons. The van der Waals surface area contributed by atoms with Gasteiger partial charge in [0.1, 0.15) is 17.2 Å². The Balaban J connectivity index is 2.48. The Labute approximate surface area is 176 Å². The van der Waals surface area contributed by atoms with E-state index in [2.05, 4.69) is 4.98 Å². The fourth-order valence-corrected chi connectivity index (χ4v) is 2.88. The van der Waals surface area contributed by atoms with Crippen molar-refractivity contribution in [3.8, 4) is 0 Å². The number of carbonyl (C=O) groups excluding carboxylic acids is 3. The number of ether oxygens (including phenoxy) is 3. The number of benzene rings is 1. The zero-order chi connectivity index (χ0) is 22.7. The first-order valence-electron chi connectivity index (χ1n) is 9.70. The van der Waals surface area contributed by atoms with E-state index in [1.54, 1.807) is 47.7 Å². The number of amides is 2. The van der Waals surface area contributed by atoms with Crippen LogP contribution >= 0.6 is 0 Å². The molecule has 0 aliphatic rings. The van der Waals surface area contributed by atoms with Crippen LogP contribution < -0.4 is 0 Å². The van der Waals surface area contributed by atoms with Gasteiger partial charge >= 0.3 is 18.2 Å². The van der Waals surface area contributed by atoms with Crippen molar-refractivity contribution in [1.82, 2.24) is 9.88 Å². The van der Waals surface area contributed by atoms with Gasteiger partial charge in [-0.25, -0.2) is 14.4 Å². The lowest BCUT2D eigenvalue weighted by atomic mass is 10.0. The Hall–Kier alpha value is -3.03. The number of carbonyl (C=O) groups is 3. The Morgan fingerprint density at radius 3 is 2.00 bits per heavy atom. The predicted octanol–water partition coefficient (Wildman–Crippen LogP) is 4.42. The lowest BCUT2D eigenvalue weighted by Gasteiger charge is -2.32. The summed E-state index contributed by atoms with van der Waals surface area (Å²) in [5, 5.41) is 0.875. The van der Waals surface area contributed by atoms with Crippen LogP contribution in [0.4, 0.5) is 9.59 Å². The molecule has 1 heterocycles. The number of methoxy groups -OCH3 is 1. The number of hydrogen-bond donors (Lipinski definition) is 1. The maximum Gasteiger partial charge on any atom is 0.420 e. The Kier molecular flexibility index (Phi) is 6.80. The minimum absolute atomic E-state index is 0.0369. The first-order valence-corrected chi connectivity index (χ1v) is 9.70. The van der Waals surface area contributed by atoms with E-state index in [0.717, 1.165) is 16.5 Å². The van der Waals surface area contributed by atoms with Crippen LogP contribution in [0.15, 0.2) is 30.5 Å². The highest BCUT2D eigenvalue weighted by Crippen LogP contribution is 2.24. The maximum absolute atomic E-state index is 12.9. The maximum atomic E-state index is 12.9. The quantitative estimate of drug-likeness (QED) is 0.583. The molecule has 0 spiro atoms. The van der Waals surface area contributed by atoms with E-state index >= 15 is 0 Å². The number of esters is 1. The summed E-state index contributed by atoms with van der Waals surface area (Å²) in [5.41, 5.74) is -0.132. The molecule has 2 rings (SSSR count). The van der Waals surface area contributed by atoms with Gasteiger partial charge in [0.15, 0.2) is 0 Å². The highest BCUT2D eigenvalue weighted by Gasteiger charge is 2.41. The van der Waals surface area contributed by atoms with Crippen molar-refractivity contribution < 1.29 is 28.6 Å². The zero-order valence-electron chi connectivity index (χ0n) is 18.6. The lowest BCUT2D eigenvalue weighted by molar-refractivity contribution is -0.146. The molecule has 1 aromatic carbocycles. The third-order valence-corrected chi connectivity index (χ3v) is 4.05. The summed E-state index contributed by atoms with van der Waals surface area (Å²) < 4.78 is 15.7. The Morgan fingerprint density at radius 1 is 0.967 bits per heavy atom. The number of aromatic nitrogens is 1. The molecule has 1 atom stereocenters. The molecule has 8 nitrogen and oxygen atoms in total. The van der Waals surface area contributed by atoms with E-state index in [4.69, 9.17) is 14.2 Å². The molecule has 2 aromatic rings. The first-order chi connectivity index (χ1) is 13.8. The van der Waals surface area contributed by atoms with Crippen LogP contribution in [0.3, 0.4) is 0 Å². The average Bonchev–Trinajstić information content (AvgIpc) is 3.00. The summed E-state index contributed by atoms with van der Waals surface area (Å²) in [5.74, 6) is -0.753. The zero-order valence-corrected chi connectivity index (χ0v) is 18.6. The number of hydrogen-bond acceptors (Lipinski definition) is 6. The van der Waals surface area contributed by atoms with Crippen molar-refractivity contribution >= 4 is 29.1 Å². The van der Waals surface area contributed by atoms with Crippen LogP contribution in [0, 0.1) is 0 Å². The van der Waals surface area contributed by atoms with E-state index in [1.807, 2.05) is 24.3 Å². The fourth-order valence-electron chi connectivity index (χ4n) is 2.88. The van der Waals surface area contributed by atoms with E-state index in [-0.39, 0.29) is 6.42 Å². The number of H-pyrrole nitrogens is 1. The van der Waals surface area contributed by atoms with E-state index in [1.165, 1.54) is 7.11 Å². The van der Waals surface area contributed by atoms with Crippen molar-refractivity contribution in [3.63, 3.8) is 0 Å². The standard InChI is InChI=1S/C22H30N2O6/c1-21(2,3)29-19(26)24(20(27)30-22(4,5)6)17(18(25)28-7)12-14-13-23-16-11-9-8-10-15(14)16/h8-11,13,17,23H,12H2,1-7H3/t17-/m0/s1. The number of imide groups is 1. The molecule has 0 fully saturated rings. The smallest absolute Gasteiger partial charge is 0.420 e. The number of nitrogens with zero attached hydrogens (tertiary/aromatic N) is 1. The Morgan fingerprint density at radius 2 is 1.50 bits per heavy atom.